The van der Waals surface area contributed by atoms with Crippen LogP contribution in [0.2, 0.25) is 4.47 Å². The van der Waals surface area contributed by atoms with E-state index in [1.807, 2.05) is 0 Å². The lowest BCUT2D eigenvalue weighted by Crippen LogP contribution is -2.04. The first-order valence-electron chi connectivity index (χ1n) is 4.11. The van der Waals surface area contributed by atoms with Gasteiger partial charge in [-0.05, 0) is 0 Å². The predicted octanol–water partition coefficient (Wildman–Crippen LogP) is 3.66. The summed E-state index contributed by atoms with van der Waals surface area (Å²) in [6.45, 7) is 0. The third-order valence-electron chi connectivity index (χ3n) is 1.38. The van der Waals surface area contributed by atoms with E-state index in [1.165, 1.54) is 6.20 Å². The Kier molecular flexibility index (Phi) is 5.05. The number of rotatable bonds is 1. The van der Waals surface area contributed by atoms with Crippen LogP contribution in [0.4, 0.5) is 13.2 Å². The van der Waals surface area contributed by atoms with Crippen LogP contribution in [-0.4, -0.2) is 21.0 Å². The molecule has 18 heavy (non-hydrogen) atoms. The zero-order chi connectivity index (χ0) is 13.8. The van der Waals surface area contributed by atoms with Crippen LogP contribution < -0.4 is 0 Å². The number of alkyl halides is 3. The largest absolute Gasteiger partial charge is 0.476 e. The highest BCUT2D eigenvalue weighted by Gasteiger charge is 2.33. The highest BCUT2D eigenvalue weighted by molar-refractivity contribution is 7.14. The SMILES string of the molecule is FC(F)(F)c1csc(Cl)n1.O=C(O)c1nccs1. The number of halogens is 4. The molecule has 10 heteroatoms. The van der Waals surface area contributed by atoms with E-state index in [1.54, 1.807) is 5.38 Å². The molecule has 0 fully saturated rings. The molecule has 0 radical (unpaired) electrons. The van der Waals surface area contributed by atoms with E-state index in [4.69, 9.17) is 16.7 Å². The molecule has 0 aromatic carbocycles. The second-order valence-corrected chi connectivity index (χ2v) is 4.96. The van der Waals surface area contributed by atoms with E-state index in [-0.39, 0.29) is 9.47 Å². The number of carboxylic acid groups (broad SMARTS) is 1. The minimum absolute atomic E-state index is 0.0904. The highest BCUT2D eigenvalue weighted by atomic mass is 35.5. The van der Waals surface area contributed by atoms with Gasteiger partial charge in [0, 0.05) is 17.0 Å². The van der Waals surface area contributed by atoms with Gasteiger partial charge in [0.05, 0.1) is 0 Å². The van der Waals surface area contributed by atoms with Crippen molar-refractivity contribution < 1.29 is 23.1 Å². The van der Waals surface area contributed by atoms with Crippen LogP contribution in [-0.2, 0) is 6.18 Å². The van der Waals surface area contributed by atoms with Crippen molar-refractivity contribution in [2.24, 2.45) is 0 Å². The van der Waals surface area contributed by atoms with Crippen LogP contribution in [0.5, 0.6) is 0 Å². The summed E-state index contributed by atoms with van der Waals surface area (Å²) in [7, 11) is 0. The molecule has 0 amide bonds. The first-order valence-corrected chi connectivity index (χ1v) is 6.25. The lowest BCUT2D eigenvalue weighted by atomic mass is 10.5. The van der Waals surface area contributed by atoms with Crippen molar-refractivity contribution in [3.8, 4) is 0 Å². The van der Waals surface area contributed by atoms with Gasteiger partial charge < -0.3 is 5.11 Å². The number of hydrogen-bond acceptors (Lipinski definition) is 5. The maximum atomic E-state index is 11.7. The number of carboxylic acids is 1. The molecule has 98 valence electrons. The molecule has 2 aromatic heterocycles. The molecule has 0 bridgehead atoms. The molecule has 0 aliphatic heterocycles. The lowest BCUT2D eigenvalue weighted by molar-refractivity contribution is -0.140. The van der Waals surface area contributed by atoms with Crippen LogP contribution in [0.15, 0.2) is 17.0 Å². The smallest absolute Gasteiger partial charge is 0.434 e. The number of carbonyl (C=O) groups is 1. The molecule has 0 saturated carbocycles. The Morgan fingerprint density at radius 3 is 2.28 bits per heavy atom. The molecule has 0 unspecified atom stereocenters. The maximum absolute atomic E-state index is 11.7. The molecule has 2 heterocycles. The fourth-order valence-electron chi connectivity index (χ4n) is 0.711. The van der Waals surface area contributed by atoms with E-state index in [0.717, 1.165) is 28.1 Å². The summed E-state index contributed by atoms with van der Waals surface area (Å²) in [6.07, 6.45) is -2.90. The van der Waals surface area contributed by atoms with Gasteiger partial charge in [0.2, 0.25) is 5.01 Å². The molecule has 2 rings (SSSR count). The third-order valence-corrected chi connectivity index (χ3v) is 3.12. The molecular formula is C8H4ClF3N2O2S2. The standard InChI is InChI=1S/C4HClF3NS.C4H3NO2S/c5-3-9-2(1-10-3)4(6,7)8;6-4(7)3-5-1-2-8-3/h1H;1-2H,(H,6,7). The number of hydrogen-bond donors (Lipinski definition) is 1. The Morgan fingerprint density at radius 1 is 1.39 bits per heavy atom. The van der Waals surface area contributed by atoms with Gasteiger partial charge in [0.15, 0.2) is 10.2 Å². The van der Waals surface area contributed by atoms with Crippen LogP contribution in [0.1, 0.15) is 15.5 Å². The second-order valence-electron chi connectivity index (χ2n) is 2.63. The normalized spacial score (nSPS) is 10.7. The van der Waals surface area contributed by atoms with Crippen molar-refractivity contribution in [1.82, 2.24) is 9.97 Å². The zero-order valence-electron chi connectivity index (χ0n) is 8.31. The summed E-state index contributed by atoms with van der Waals surface area (Å²) in [5.74, 6) is -0.958. The summed E-state index contributed by atoms with van der Waals surface area (Å²) < 4.78 is 35.0. The minimum atomic E-state index is -4.37. The molecule has 0 saturated heterocycles. The van der Waals surface area contributed by atoms with Gasteiger partial charge in [-0.1, -0.05) is 11.6 Å². The predicted molar refractivity (Wildman–Crippen MR) is 61.2 cm³/mol. The quantitative estimate of drug-likeness (QED) is 0.872. The number of thiazole rings is 2. The first kappa shape index (κ1) is 14.9. The molecule has 2 aromatic rings. The Labute approximate surface area is 112 Å². The Morgan fingerprint density at radius 2 is 2.06 bits per heavy atom. The first-order chi connectivity index (χ1) is 8.30. The van der Waals surface area contributed by atoms with E-state index >= 15 is 0 Å². The Balaban J connectivity index is 0.000000184. The molecule has 1 N–H and O–H groups in total. The van der Waals surface area contributed by atoms with Gasteiger partial charge in [-0.2, -0.15) is 13.2 Å². The molecular weight excluding hydrogens is 313 g/mol. The Bertz CT molecular complexity index is 513. The van der Waals surface area contributed by atoms with Gasteiger partial charge in [-0.3, -0.25) is 0 Å². The van der Waals surface area contributed by atoms with Gasteiger partial charge in [-0.25, -0.2) is 14.8 Å². The van der Waals surface area contributed by atoms with E-state index in [0.29, 0.717) is 0 Å². The number of nitrogens with zero attached hydrogens (tertiary/aromatic N) is 2. The summed E-state index contributed by atoms with van der Waals surface area (Å²) in [5.41, 5.74) is -0.928. The molecule has 0 aliphatic rings. The van der Waals surface area contributed by atoms with Crippen molar-refractivity contribution in [3.05, 3.63) is 32.1 Å². The highest BCUT2D eigenvalue weighted by Crippen LogP contribution is 2.31. The average Bonchev–Trinajstić information content (AvgIpc) is 2.86. The topological polar surface area (TPSA) is 63.1 Å². The fraction of sp³-hybridized carbons (Fsp3) is 0.125. The summed E-state index contributed by atoms with van der Waals surface area (Å²) in [5, 5.41) is 10.9. The van der Waals surface area contributed by atoms with E-state index in [2.05, 4.69) is 9.97 Å². The minimum Gasteiger partial charge on any atom is -0.476 e. The third kappa shape index (κ3) is 4.59. The van der Waals surface area contributed by atoms with Crippen molar-refractivity contribution in [3.63, 3.8) is 0 Å². The van der Waals surface area contributed by atoms with Crippen LogP contribution in [0.3, 0.4) is 0 Å². The summed E-state index contributed by atoms with van der Waals surface area (Å²) in [4.78, 5) is 16.6. The summed E-state index contributed by atoms with van der Waals surface area (Å²) >= 11 is 7.06. The van der Waals surface area contributed by atoms with E-state index < -0.39 is 17.8 Å². The van der Waals surface area contributed by atoms with Crippen molar-refractivity contribution in [2.75, 3.05) is 0 Å². The zero-order valence-corrected chi connectivity index (χ0v) is 10.7. The van der Waals surface area contributed by atoms with Gasteiger partial charge in [0.25, 0.3) is 0 Å². The lowest BCUT2D eigenvalue weighted by Gasteiger charge is -1.98. The van der Waals surface area contributed by atoms with Crippen LogP contribution in [0, 0.1) is 0 Å². The second kappa shape index (κ2) is 6.12. The molecule has 0 aliphatic carbocycles. The number of aromatic carboxylic acids is 1. The van der Waals surface area contributed by atoms with Gasteiger partial charge in [-0.15, -0.1) is 22.7 Å². The molecule has 0 spiro atoms. The van der Waals surface area contributed by atoms with Crippen LogP contribution >= 0.6 is 34.3 Å². The maximum Gasteiger partial charge on any atom is 0.434 e. The summed E-state index contributed by atoms with van der Waals surface area (Å²) in [6, 6.07) is 0. The fourth-order valence-corrected chi connectivity index (χ4v) is 1.96. The van der Waals surface area contributed by atoms with E-state index in [9.17, 15) is 18.0 Å². The molecule has 4 nitrogen and oxygen atoms in total. The van der Waals surface area contributed by atoms with Gasteiger partial charge in [0.1, 0.15) is 0 Å². The number of aromatic nitrogens is 2. The van der Waals surface area contributed by atoms with Gasteiger partial charge >= 0.3 is 12.1 Å². The average molecular weight is 317 g/mol. The van der Waals surface area contributed by atoms with Crippen molar-refractivity contribution >= 4 is 40.2 Å². The monoisotopic (exact) mass is 316 g/mol. The van der Waals surface area contributed by atoms with Crippen molar-refractivity contribution in [2.45, 2.75) is 6.18 Å². The van der Waals surface area contributed by atoms with Crippen molar-refractivity contribution in [1.29, 1.82) is 0 Å². The Hall–Kier alpha value is -1.19. The molecule has 0 atom stereocenters. The van der Waals surface area contributed by atoms with Crippen LogP contribution in [0.25, 0.3) is 0 Å².